The summed E-state index contributed by atoms with van der Waals surface area (Å²) in [5.41, 5.74) is 0.186. The predicted octanol–water partition coefficient (Wildman–Crippen LogP) is 6.14. The highest BCUT2D eigenvalue weighted by Crippen LogP contribution is 2.27. The van der Waals surface area contributed by atoms with Crippen molar-refractivity contribution in [2.24, 2.45) is 0 Å². The van der Waals surface area contributed by atoms with E-state index in [4.69, 9.17) is 39.5 Å². The molecule has 0 aliphatic rings. The van der Waals surface area contributed by atoms with Crippen molar-refractivity contribution in [2.75, 3.05) is 6.61 Å². The fourth-order valence-electron chi connectivity index (χ4n) is 3.00. The molecule has 0 saturated carbocycles. The van der Waals surface area contributed by atoms with E-state index in [1.54, 1.807) is 49.4 Å². The monoisotopic (exact) mass is 498 g/mol. The van der Waals surface area contributed by atoms with Crippen LogP contribution in [0.25, 0.3) is 0 Å². The first-order chi connectivity index (χ1) is 15.0. The molecule has 2 aromatic rings. The Hall–Kier alpha value is -1.95. The normalized spacial score (nSPS) is 12.2. The minimum absolute atomic E-state index is 0.133. The van der Waals surface area contributed by atoms with Crippen LogP contribution in [0.4, 0.5) is 0 Å². The van der Waals surface area contributed by atoms with Crippen LogP contribution in [0.5, 0.6) is 5.75 Å². The fraction of sp³-hybridized carbons (Fsp3) is 0.417. The number of nitrogens with one attached hydrogen (secondary N) is 1. The molecule has 1 N–H and O–H groups in total. The van der Waals surface area contributed by atoms with Crippen LogP contribution in [0, 0.1) is 0 Å². The Morgan fingerprint density at radius 3 is 2.19 bits per heavy atom. The molecule has 0 aliphatic carbocycles. The van der Waals surface area contributed by atoms with Crippen molar-refractivity contribution in [1.29, 1.82) is 0 Å². The molecule has 5 nitrogen and oxygen atoms in total. The molecule has 0 bridgehead atoms. The van der Waals surface area contributed by atoms with E-state index in [1.165, 1.54) is 4.90 Å². The van der Waals surface area contributed by atoms with Crippen LogP contribution < -0.4 is 10.1 Å². The Balaban J connectivity index is 2.09. The van der Waals surface area contributed by atoms with Crippen LogP contribution in [0.15, 0.2) is 42.5 Å². The summed E-state index contributed by atoms with van der Waals surface area (Å²) in [6, 6.07) is 11.5. The molecule has 0 aliphatic heterocycles. The van der Waals surface area contributed by atoms with E-state index in [1.807, 2.05) is 20.8 Å². The molecule has 32 heavy (non-hydrogen) atoms. The van der Waals surface area contributed by atoms with Gasteiger partial charge in [-0.05, 0) is 70.5 Å². The SMILES string of the molecule is C[C@H](C(=O)NC(C)(C)C)N(Cc1c(Cl)cccc1Cl)C(=O)CCCOc1ccc(Cl)cc1. The van der Waals surface area contributed by atoms with Gasteiger partial charge < -0.3 is 15.0 Å². The molecule has 0 radical (unpaired) electrons. The Labute approximate surface area is 205 Å². The van der Waals surface area contributed by atoms with Gasteiger partial charge in [-0.25, -0.2) is 0 Å². The molecule has 1 atom stereocenters. The summed E-state index contributed by atoms with van der Waals surface area (Å²) < 4.78 is 5.67. The zero-order valence-corrected chi connectivity index (χ0v) is 21.0. The predicted molar refractivity (Wildman–Crippen MR) is 131 cm³/mol. The van der Waals surface area contributed by atoms with E-state index in [0.29, 0.717) is 39.4 Å². The van der Waals surface area contributed by atoms with Gasteiger partial charge in [-0.3, -0.25) is 9.59 Å². The van der Waals surface area contributed by atoms with E-state index >= 15 is 0 Å². The zero-order valence-electron chi connectivity index (χ0n) is 18.8. The summed E-state index contributed by atoms with van der Waals surface area (Å²) in [6.45, 7) is 7.87. The van der Waals surface area contributed by atoms with Crippen LogP contribution in [-0.4, -0.2) is 34.9 Å². The van der Waals surface area contributed by atoms with Crippen LogP contribution in [0.1, 0.15) is 46.1 Å². The van der Waals surface area contributed by atoms with E-state index in [9.17, 15) is 9.59 Å². The fourth-order valence-corrected chi connectivity index (χ4v) is 3.64. The molecule has 0 saturated heterocycles. The third-order valence-electron chi connectivity index (χ3n) is 4.67. The molecule has 174 valence electrons. The number of rotatable bonds is 9. The molecule has 8 heteroatoms. The number of nitrogens with zero attached hydrogens (tertiary/aromatic N) is 1. The molecule has 0 fully saturated rings. The second kappa shape index (κ2) is 11.8. The summed E-state index contributed by atoms with van der Waals surface area (Å²) in [5, 5.41) is 4.45. The summed E-state index contributed by atoms with van der Waals surface area (Å²) in [6.07, 6.45) is 0.699. The van der Waals surface area contributed by atoms with Crippen molar-refractivity contribution < 1.29 is 14.3 Å². The number of ether oxygens (including phenoxy) is 1. The van der Waals surface area contributed by atoms with Crippen molar-refractivity contribution in [3.05, 3.63) is 63.1 Å². The average molecular weight is 500 g/mol. The number of hydrogen-bond acceptors (Lipinski definition) is 3. The maximum atomic E-state index is 13.1. The van der Waals surface area contributed by atoms with Gasteiger partial charge >= 0.3 is 0 Å². The number of halogens is 3. The molecular weight excluding hydrogens is 471 g/mol. The second-order valence-corrected chi connectivity index (χ2v) is 9.79. The quantitative estimate of drug-likeness (QED) is 0.422. The van der Waals surface area contributed by atoms with Gasteiger partial charge in [0.1, 0.15) is 11.8 Å². The highest BCUT2D eigenvalue weighted by atomic mass is 35.5. The lowest BCUT2D eigenvalue weighted by Crippen LogP contribution is -2.52. The molecule has 2 rings (SSSR count). The number of amides is 2. The number of benzene rings is 2. The molecule has 2 amide bonds. The molecule has 0 spiro atoms. The van der Waals surface area contributed by atoms with E-state index in [2.05, 4.69) is 5.32 Å². The van der Waals surface area contributed by atoms with Crippen LogP contribution in [0.2, 0.25) is 15.1 Å². The minimum Gasteiger partial charge on any atom is -0.494 e. The maximum absolute atomic E-state index is 13.1. The highest BCUT2D eigenvalue weighted by molar-refractivity contribution is 6.36. The van der Waals surface area contributed by atoms with Gasteiger partial charge in [-0.1, -0.05) is 40.9 Å². The largest absolute Gasteiger partial charge is 0.494 e. The van der Waals surface area contributed by atoms with Crippen molar-refractivity contribution >= 4 is 46.6 Å². The van der Waals surface area contributed by atoms with Crippen LogP contribution in [-0.2, 0) is 16.1 Å². The van der Waals surface area contributed by atoms with Gasteiger partial charge in [0.2, 0.25) is 11.8 Å². The summed E-state index contributed by atoms with van der Waals surface area (Å²) in [5.74, 6) is 0.253. The first-order valence-corrected chi connectivity index (χ1v) is 11.5. The lowest BCUT2D eigenvalue weighted by Gasteiger charge is -2.32. The minimum atomic E-state index is -0.703. The number of carbonyl (C=O) groups is 2. The van der Waals surface area contributed by atoms with Gasteiger partial charge in [0.05, 0.1) is 6.61 Å². The van der Waals surface area contributed by atoms with E-state index in [0.717, 1.165) is 0 Å². The molecule has 2 aromatic carbocycles. The van der Waals surface area contributed by atoms with Crippen molar-refractivity contribution in [1.82, 2.24) is 10.2 Å². The third kappa shape index (κ3) is 8.19. The number of hydrogen-bond donors (Lipinski definition) is 1. The summed E-state index contributed by atoms with van der Waals surface area (Å²) in [7, 11) is 0. The molecule has 0 aromatic heterocycles. The smallest absolute Gasteiger partial charge is 0.242 e. The topological polar surface area (TPSA) is 58.6 Å². The zero-order chi connectivity index (χ0) is 23.9. The van der Waals surface area contributed by atoms with E-state index < -0.39 is 11.6 Å². The van der Waals surface area contributed by atoms with Crippen molar-refractivity contribution in [3.8, 4) is 5.75 Å². The van der Waals surface area contributed by atoms with Crippen LogP contribution >= 0.6 is 34.8 Å². The van der Waals surface area contributed by atoms with Crippen molar-refractivity contribution in [2.45, 2.75) is 58.7 Å². The van der Waals surface area contributed by atoms with Crippen molar-refractivity contribution in [3.63, 3.8) is 0 Å². The molecular formula is C24H29Cl3N2O3. The Morgan fingerprint density at radius 1 is 1.03 bits per heavy atom. The highest BCUT2D eigenvalue weighted by Gasteiger charge is 2.29. The Kier molecular flexibility index (Phi) is 9.68. The Bertz CT molecular complexity index is 907. The summed E-state index contributed by atoms with van der Waals surface area (Å²) >= 11 is 18.5. The average Bonchev–Trinajstić information content (AvgIpc) is 2.70. The first kappa shape index (κ1) is 26.3. The third-order valence-corrected chi connectivity index (χ3v) is 5.63. The van der Waals surface area contributed by atoms with Gasteiger partial charge in [-0.2, -0.15) is 0 Å². The first-order valence-electron chi connectivity index (χ1n) is 10.4. The maximum Gasteiger partial charge on any atom is 0.242 e. The second-order valence-electron chi connectivity index (χ2n) is 8.54. The summed E-state index contributed by atoms with van der Waals surface area (Å²) in [4.78, 5) is 27.4. The lowest BCUT2D eigenvalue weighted by molar-refractivity contribution is -0.141. The Morgan fingerprint density at radius 2 is 1.62 bits per heavy atom. The lowest BCUT2D eigenvalue weighted by atomic mass is 10.1. The van der Waals surface area contributed by atoms with Crippen LogP contribution in [0.3, 0.4) is 0 Å². The van der Waals surface area contributed by atoms with E-state index in [-0.39, 0.29) is 24.8 Å². The molecule has 0 unspecified atom stereocenters. The van der Waals surface area contributed by atoms with Gasteiger partial charge in [0.15, 0.2) is 0 Å². The van der Waals surface area contributed by atoms with Gasteiger partial charge in [-0.15, -0.1) is 0 Å². The molecule has 0 heterocycles. The van der Waals surface area contributed by atoms with Gasteiger partial charge in [0.25, 0.3) is 0 Å². The number of carbonyl (C=O) groups excluding carboxylic acids is 2. The standard InChI is InChI=1S/C24H29Cl3N2O3/c1-16(23(31)28-24(2,3)4)29(15-19-20(26)7-5-8-21(19)27)22(30)9-6-14-32-18-12-10-17(25)11-13-18/h5,7-8,10-13,16H,6,9,14-15H2,1-4H3,(H,28,31)/t16-/m1/s1. The van der Waals surface area contributed by atoms with Gasteiger partial charge in [0, 0.05) is 39.1 Å².